The van der Waals surface area contributed by atoms with E-state index in [0.29, 0.717) is 18.2 Å². The van der Waals surface area contributed by atoms with Gasteiger partial charge in [-0.3, -0.25) is 0 Å². The van der Waals surface area contributed by atoms with Gasteiger partial charge in [0.25, 0.3) is 0 Å². The molecule has 118 valence electrons. The molecule has 3 nitrogen and oxygen atoms in total. The molecule has 1 aromatic rings. The minimum atomic E-state index is -5.73. The van der Waals surface area contributed by atoms with Crippen LogP contribution >= 0.6 is 0 Å². The predicted molar refractivity (Wildman–Crippen MR) is 54.0 cm³/mol. The molecule has 0 unspecified atom stereocenters. The lowest BCUT2D eigenvalue weighted by molar-refractivity contribution is -0.324. The topological polar surface area (TPSA) is 46.5 Å². The molecule has 0 saturated carbocycles. The molecule has 1 N–H and O–H groups in total. The summed E-state index contributed by atoms with van der Waals surface area (Å²) in [6.07, 6.45) is -15.5. The van der Waals surface area contributed by atoms with Crippen LogP contribution in [0.1, 0.15) is 15.9 Å². The normalized spacial score (nSPS) is 12.8. The zero-order valence-corrected chi connectivity index (χ0v) is 9.93. The number of benzene rings is 1. The molecular formula is C11H7F7O3. The van der Waals surface area contributed by atoms with Crippen LogP contribution < -0.4 is 0 Å². The summed E-state index contributed by atoms with van der Waals surface area (Å²) in [6.45, 7) is -1.36. The number of aromatic carboxylic acids is 1. The second-order valence-electron chi connectivity index (χ2n) is 3.88. The van der Waals surface area contributed by atoms with Crippen molar-refractivity contribution in [3.8, 4) is 0 Å². The fourth-order valence-corrected chi connectivity index (χ4v) is 1.44. The van der Waals surface area contributed by atoms with Gasteiger partial charge < -0.3 is 9.84 Å². The summed E-state index contributed by atoms with van der Waals surface area (Å²) in [6, 6.07) is 1.91. The van der Waals surface area contributed by atoms with Gasteiger partial charge in [-0.1, -0.05) is 0 Å². The van der Waals surface area contributed by atoms with Crippen molar-refractivity contribution in [2.75, 3.05) is 0 Å². The Morgan fingerprint density at radius 2 is 1.67 bits per heavy atom. The second kappa shape index (κ2) is 5.88. The van der Waals surface area contributed by atoms with Crippen molar-refractivity contribution in [1.29, 1.82) is 0 Å². The number of hydrogen-bond acceptors (Lipinski definition) is 2. The fraction of sp³-hybridized carbons (Fsp3) is 0.364. The number of carboxylic acid groups (broad SMARTS) is 1. The Morgan fingerprint density at radius 1 is 1.14 bits per heavy atom. The fourth-order valence-electron chi connectivity index (χ4n) is 1.44. The smallest absolute Gasteiger partial charge is 0.423 e. The van der Waals surface area contributed by atoms with Crippen LogP contribution in [0.2, 0.25) is 0 Å². The van der Waals surface area contributed by atoms with E-state index in [1.54, 1.807) is 0 Å². The van der Waals surface area contributed by atoms with Crippen molar-refractivity contribution >= 4 is 5.97 Å². The van der Waals surface area contributed by atoms with Crippen molar-refractivity contribution in [3.63, 3.8) is 0 Å². The van der Waals surface area contributed by atoms with Gasteiger partial charge in [0, 0.05) is 0 Å². The van der Waals surface area contributed by atoms with Crippen LogP contribution in [-0.2, 0) is 11.3 Å². The summed E-state index contributed by atoms with van der Waals surface area (Å²) in [4.78, 5) is 10.7. The first-order valence-corrected chi connectivity index (χ1v) is 5.19. The summed E-state index contributed by atoms with van der Waals surface area (Å²) < 4.78 is 90.0. The first kappa shape index (κ1) is 17.2. The van der Waals surface area contributed by atoms with E-state index in [2.05, 4.69) is 4.74 Å². The quantitative estimate of drug-likeness (QED) is 0.863. The number of hydrogen-bond donors (Lipinski definition) is 1. The highest BCUT2D eigenvalue weighted by molar-refractivity contribution is 5.89. The maximum Gasteiger partial charge on any atom is 0.423 e. The predicted octanol–water partition coefficient (Wildman–Crippen LogP) is 3.53. The molecule has 1 rings (SSSR count). The van der Waals surface area contributed by atoms with Gasteiger partial charge in [0.1, 0.15) is 5.82 Å². The average molecular weight is 320 g/mol. The van der Waals surface area contributed by atoms with Gasteiger partial charge in [0.15, 0.2) is 0 Å². The van der Waals surface area contributed by atoms with Crippen molar-refractivity contribution in [3.05, 3.63) is 35.1 Å². The summed E-state index contributed by atoms with van der Waals surface area (Å²) in [5, 5.41) is 8.72. The molecule has 0 bridgehead atoms. The van der Waals surface area contributed by atoms with Gasteiger partial charge in [-0.25, -0.2) is 9.18 Å². The van der Waals surface area contributed by atoms with Gasteiger partial charge in [0.05, 0.1) is 12.2 Å². The summed E-state index contributed by atoms with van der Waals surface area (Å²) in [5.41, 5.74) is -1.29. The van der Waals surface area contributed by atoms with E-state index >= 15 is 0 Å². The SMILES string of the molecule is O=C(O)c1ccc(F)cc1COC(C(F)(F)F)C(F)(F)F. The molecule has 0 fully saturated rings. The number of halogens is 7. The first-order valence-electron chi connectivity index (χ1n) is 5.19. The minimum Gasteiger partial charge on any atom is -0.478 e. The van der Waals surface area contributed by atoms with Crippen LogP contribution in [0.4, 0.5) is 30.7 Å². The Morgan fingerprint density at radius 3 is 2.10 bits per heavy atom. The molecule has 1 aromatic carbocycles. The van der Waals surface area contributed by atoms with Crippen molar-refractivity contribution in [2.24, 2.45) is 0 Å². The third kappa shape index (κ3) is 4.59. The third-order valence-corrected chi connectivity index (χ3v) is 2.30. The van der Waals surface area contributed by atoms with Crippen molar-refractivity contribution in [2.45, 2.75) is 25.1 Å². The lowest BCUT2D eigenvalue weighted by Crippen LogP contribution is -2.44. The minimum absolute atomic E-state index is 0.493. The van der Waals surface area contributed by atoms with Crippen molar-refractivity contribution in [1.82, 2.24) is 0 Å². The second-order valence-corrected chi connectivity index (χ2v) is 3.88. The van der Waals surface area contributed by atoms with Crippen LogP contribution in [0.5, 0.6) is 0 Å². The largest absolute Gasteiger partial charge is 0.478 e. The Hall–Kier alpha value is -1.84. The monoisotopic (exact) mass is 320 g/mol. The van der Waals surface area contributed by atoms with Gasteiger partial charge in [-0.15, -0.1) is 0 Å². The van der Waals surface area contributed by atoms with Gasteiger partial charge in [-0.05, 0) is 23.8 Å². The molecule has 0 atom stereocenters. The highest BCUT2D eigenvalue weighted by atomic mass is 19.4. The number of alkyl halides is 6. The van der Waals surface area contributed by atoms with Crippen LogP contribution in [0.15, 0.2) is 18.2 Å². The maximum atomic E-state index is 12.9. The lowest BCUT2D eigenvalue weighted by atomic mass is 10.1. The van der Waals surface area contributed by atoms with Crippen molar-refractivity contribution < 1.29 is 45.4 Å². The van der Waals surface area contributed by atoms with Crippen LogP contribution in [0.25, 0.3) is 0 Å². The standard InChI is InChI=1S/C11H7F7O3/c12-6-1-2-7(8(19)20)5(3-6)4-21-9(10(13,14)15)11(16,17)18/h1-3,9H,4H2,(H,19,20). The first-order chi connectivity index (χ1) is 9.43. The zero-order valence-electron chi connectivity index (χ0n) is 9.93. The number of carbonyl (C=O) groups is 1. The highest BCUT2D eigenvalue weighted by Gasteiger charge is 2.58. The number of carboxylic acids is 1. The molecule has 0 radical (unpaired) electrons. The molecule has 0 saturated heterocycles. The van der Waals surface area contributed by atoms with Crippen LogP contribution in [-0.4, -0.2) is 29.5 Å². The molecule has 0 aliphatic rings. The Kier molecular flexibility index (Phi) is 4.82. The summed E-state index contributed by atoms with van der Waals surface area (Å²) >= 11 is 0. The van der Waals surface area contributed by atoms with E-state index in [-0.39, 0.29) is 0 Å². The molecule has 0 spiro atoms. The molecule has 10 heteroatoms. The third-order valence-electron chi connectivity index (χ3n) is 2.30. The molecule has 0 heterocycles. The molecule has 21 heavy (non-hydrogen) atoms. The molecule has 0 aliphatic carbocycles. The zero-order chi connectivity index (χ0) is 16.4. The van der Waals surface area contributed by atoms with Crippen LogP contribution in [0.3, 0.4) is 0 Å². The number of rotatable bonds is 4. The molecule has 0 aromatic heterocycles. The van der Waals surface area contributed by atoms with E-state index in [9.17, 15) is 35.5 Å². The van der Waals surface area contributed by atoms with E-state index in [4.69, 9.17) is 5.11 Å². The maximum absolute atomic E-state index is 12.9. The Bertz CT molecular complexity index is 508. The average Bonchev–Trinajstić information content (AvgIpc) is 2.24. The van der Waals surface area contributed by atoms with Gasteiger partial charge >= 0.3 is 18.3 Å². The van der Waals surface area contributed by atoms with E-state index < -0.39 is 48.0 Å². The van der Waals surface area contributed by atoms with E-state index in [0.717, 1.165) is 0 Å². The molecular weight excluding hydrogens is 313 g/mol. The van der Waals surface area contributed by atoms with Gasteiger partial charge in [-0.2, -0.15) is 26.3 Å². The van der Waals surface area contributed by atoms with E-state index in [1.165, 1.54) is 0 Å². The van der Waals surface area contributed by atoms with Crippen LogP contribution in [0, 0.1) is 5.82 Å². The molecule has 0 amide bonds. The molecule has 0 aliphatic heterocycles. The van der Waals surface area contributed by atoms with Gasteiger partial charge in [0.2, 0.25) is 6.10 Å². The van der Waals surface area contributed by atoms with E-state index in [1.807, 2.05) is 0 Å². The lowest BCUT2D eigenvalue weighted by Gasteiger charge is -2.23. The Labute approximate surface area is 112 Å². The summed E-state index contributed by atoms with van der Waals surface area (Å²) in [5.74, 6) is -2.65. The Balaban J connectivity index is 3.01. The highest BCUT2D eigenvalue weighted by Crippen LogP contribution is 2.36. The number of ether oxygens (including phenoxy) is 1. The summed E-state index contributed by atoms with van der Waals surface area (Å²) in [7, 11) is 0.